The summed E-state index contributed by atoms with van der Waals surface area (Å²) in [7, 11) is 0. The fourth-order valence-corrected chi connectivity index (χ4v) is 6.29. The first-order chi connectivity index (χ1) is 21.0. The maximum absolute atomic E-state index is 13.6. The number of hydrogen-bond donors (Lipinski definition) is 1. The molecule has 0 bridgehead atoms. The zero-order chi connectivity index (χ0) is 31.7. The summed E-state index contributed by atoms with van der Waals surface area (Å²) < 4.78 is 39.8. The average molecular weight is 618 g/mol. The number of imidazole rings is 1. The van der Waals surface area contributed by atoms with Crippen molar-refractivity contribution in [1.29, 1.82) is 0 Å². The lowest BCUT2D eigenvalue weighted by atomic mass is 9.74. The van der Waals surface area contributed by atoms with Crippen molar-refractivity contribution in [2.75, 3.05) is 13.2 Å². The average Bonchev–Trinajstić information content (AvgIpc) is 3.44. The molecular formula is C29H35N3O12. The van der Waals surface area contributed by atoms with Gasteiger partial charge < -0.3 is 43.0 Å². The SMILES string of the molecule is C=C[C@H]1[C@H](O[C@@H]2O[C@H](COC(C)=O)[C@@H](OC(C)=O)[C@H](OC(C)=O)[C@H]2OC(C)=O)OC=C2C(=O)N3CCc4nc[nH]c4[C@H]3C[C@H]21. The molecule has 0 saturated carbocycles. The van der Waals surface area contributed by atoms with Crippen LogP contribution in [0.4, 0.5) is 0 Å². The topological polar surface area (TPSA) is 182 Å². The second-order valence-electron chi connectivity index (χ2n) is 11.0. The molecule has 44 heavy (non-hydrogen) atoms. The van der Waals surface area contributed by atoms with Crippen LogP contribution < -0.4 is 0 Å². The van der Waals surface area contributed by atoms with Crippen LogP contribution >= 0.6 is 0 Å². The number of nitrogens with zero attached hydrogens (tertiary/aromatic N) is 2. The number of amides is 1. The molecule has 15 nitrogen and oxygen atoms in total. The van der Waals surface area contributed by atoms with Gasteiger partial charge in [-0.15, -0.1) is 6.58 Å². The van der Waals surface area contributed by atoms with Gasteiger partial charge in [0.15, 0.2) is 18.3 Å². The van der Waals surface area contributed by atoms with Crippen molar-refractivity contribution in [1.82, 2.24) is 14.9 Å². The number of hydrogen-bond acceptors (Lipinski definition) is 13. The zero-order valence-electron chi connectivity index (χ0n) is 24.8. The number of aromatic amines is 1. The van der Waals surface area contributed by atoms with Crippen LogP contribution in [-0.4, -0.2) is 94.8 Å². The quantitative estimate of drug-likeness (QED) is 0.248. The molecule has 238 valence electrons. The van der Waals surface area contributed by atoms with Crippen molar-refractivity contribution in [3.05, 3.63) is 42.2 Å². The number of ether oxygens (including phenoxy) is 7. The van der Waals surface area contributed by atoms with E-state index in [-0.39, 0.29) is 17.9 Å². The predicted octanol–water partition coefficient (Wildman–Crippen LogP) is 0.998. The molecule has 1 aromatic rings. The van der Waals surface area contributed by atoms with Gasteiger partial charge in [-0.1, -0.05) is 6.08 Å². The van der Waals surface area contributed by atoms with Crippen LogP contribution in [0.25, 0.3) is 0 Å². The minimum atomic E-state index is -1.46. The maximum Gasteiger partial charge on any atom is 0.303 e. The first-order valence-corrected chi connectivity index (χ1v) is 14.3. The highest BCUT2D eigenvalue weighted by molar-refractivity contribution is 5.95. The van der Waals surface area contributed by atoms with Crippen LogP contribution in [-0.2, 0) is 63.6 Å². The molecule has 5 heterocycles. The van der Waals surface area contributed by atoms with E-state index in [1.807, 2.05) is 0 Å². The Balaban J connectivity index is 1.45. The van der Waals surface area contributed by atoms with Crippen molar-refractivity contribution >= 4 is 29.8 Å². The number of H-pyrrole nitrogens is 1. The predicted molar refractivity (Wildman–Crippen MR) is 145 cm³/mol. The number of piperidine rings is 1. The van der Waals surface area contributed by atoms with E-state index in [4.69, 9.17) is 33.2 Å². The highest BCUT2D eigenvalue weighted by Gasteiger charge is 2.55. The van der Waals surface area contributed by atoms with Crippen LogP contribution in [0.1, 0.15) is 51.5 Å². The Bertz CT molecular complexity index is 1360. The summed E-state index contributed by atoms with van der Waals surface area (Å²) in [5.74, 6) is -4.01. The summed E-state index contributed by atoms with van der Waals surface area (Å²) in [5.41, 5.74) is 2.27. The Hall–Kier alpha value is -4.24. The van der Waals surface area contributed by atoms with E-state index in [1.54, 1.807) is 17.3 Å². The zero-order valence-corrected chi connectivity index (χ0v) is 24.8. The number of rotatable bonds is 8. The van der Waals surface area contributed by atoms with Gasteiger partial charge in [0.25, 0.3) is 5.91 Å². The van der Waals surface area contributed by atoms with Crippen LogP contribution in [0.3, 0.4) is 0 Å². The number of fused-ring (bicyclic) bond motifs is 4. The number of carbonyl (C=O) groups excluding carboxylic acids is 5. The van der Waals surface area contributed by atoms with E-state index < -0.39 is 73.4 Å². The van der Waals surface area contributed by atoms with Gasteiger partial charge in [0, 0.05) is 52.5 Å². The van der Waals surface area contributed by atoms with Crippen LogP contribution in [0.15, 0.2) is 30.8 Å². The molecule has 2 saturated heterocycles. The summed E-state index contributed by atoms with van der Waals surface area (Å²) >= 11 is 0. The first kappa shape index (κ1) is 31.2. The number of aromatic nitrogens is 2. The molecular weight excluding hydrogens is 582 g/mol. The van der Waals surface area contributed by atoms with Crippen molar-refractivity contribution in [3.8, 4) is 0 Å². The molecule has 4 aliphatic heterocycles. The molecule has 0 aromatic carbocycles. The summed E-state index contributed by atoms with van der Waals surface area (Å²) in [4.78, 5) is 70.9. The fourth-order valence-electron chi connectivity index (χ4n) is 6.29. The standard InChI is InChI=1S/C29H35N3O12/c1-6-17-18-9-21-23-20(30-12-31-23)7-8-32(21)27(37)19(18)10-39-28(17)44-29-26(42-16(5)36)25(41-15(4)35)24(40-14(3)34)22(43-29)11-38-13(2)33/h6,10,12,17-18,21-22,24-26,28-29H,1,7-9,11H2,2-5H3,(H,30,31)/t17-,18+,21-,22-,24-,25+,26-,28+,29+/m1/s1. The molecule has 0 unspecified atom stereocenters. The normalized spacial score (nSPS) is 32.5. The van der Waals surface area contributed by atoms with Gasteiger partial charge in [-0.25, -0.2) is 4.98 Å². The molecule has 9 atom stereocenters. The minimum Gasteiger partial charge on any atom is -0.471 e. The largest absolute Gasteiger partial charge is 0.471 e. The van der Waals surface area contributed by atoms with E-state index in [1.165, 1.54) is 13.2 Å². The maximum atomic E-state index is 13.6. The van der Waals surface area contributed by atoms with E-state index >= 15 is 0 Å². The molecule has 1 amide bonds. The highest BCUT2D eigenvalue weighted by Crippen LogP contribution is 2.47. The molecule has 15 heteroatoms. The van der Waals surface area contributed by atoms with Crippen molar-refractivity contribution < 1.29 is 57.1 Å². The van der Waals surface area contributed by atoms with Gasteiger partial charge in [0.1, 0.15) is 12.7 Å². The summed E-state index contributed by atoms with van der Waals surface area (Å²) in [6.45, 7) is 8.68. The van der Waals surface area contributed by atoms with Gasteiger partial charge in [0.2, 0.25) is 12.6 Å². The Morgan fingerprint density at radius 1 is 1.02 bits per heavy atom. The third kappa shape index (κ3) is 6.19. The van der Waals surface area contributed by atoms with E-state index in [9.17, 15) is 24.0 Å². The van der Waals surface area contributed by atoms with Gasteiger partial charge >= 0.3 is 23.9 Å². The lowest BCUT2D eigenvalue weighted by Crippen LogP contribution is -2.63. The molecule has 1 N–H and O–H groups in total. The first-order valence-electron chi connectivity index (χ1n) is 14.3. The summed E-state index contributed by atoms with van der Waals surface area (Å²) in [6, 6.07) is -0.234. The second kappa shape index (κ2) is 12.8. The summed E-state index contributed by atoms with van der Waals surface area (Å²) in [6.07, 6.45) is -2.12. The van der Waals surface area contributed by atoms with Crippen LogP contribution in [0.2, 0.25) is 0 Å². The Labute approximate surface area is 252 Å². The van der Waals surface area contributed by atoms with Crippen molar-refractivity contribution in [3.63, 3.8) is 0 Å². The minimum absolute atomic E-state index is 0.163. The van der Waals surface area contributed by atoms with Gasteiger partial charge in [-0.05, 0) is 6.42 Å². The lowest BCUT2D eigenvalue weighted by Gasteiger charge is -2.48. The molecule has 0 aliphatic carbocycles. The van der Waals surface area contributed by atoms with E-state index in [0.717, 1.165) is 32.2 Å². The molecule has 0 spiro atoms. The third-order valence-corrected chi connectivity index (χ3v) is 8.03. The van der Waals surface area contributed by atoms with Gasteiger partial charge in [-0.2, -0.15) is 0 Å². The van der Waals surface area contributed by atoms with E-state index in [0.29, 0.717) is 25.0 Å². The number of carbonyl (C=O) groups is 5. The van der Waals surface area contributed by atoms with Gasteiger partial charge in [-0.3, -0.25) is 24.0 Å². The van der Waals surface area contributed by atoms with Gasteiger partial charge in [0.05, 0.1) is 35.6 Å². The second-order valence-corrected chi connectivity index (χ2v) is 11.0. The molecule has 4 aliphatic rings. The fraction of sp³-hybridized carbons (Fsp3) is 0.586. The highest BCUT2D eigenvalue weighted by atomic mass is 16.8. The molecule has 1 aromatic heterocycles. The lowest BCUT2D eigenvalue weighted by molar-refractivity contribution is -0.342. The number of nitrogens with one attached hydrogen (secondary N) is 1. The smallest absolute Gasteiger partial charge is 0.303 e. The van der Waals surface area contributed by atoms with Crippen molar-refractivity contribution in [2.45, 2.75) is 83.6 Å². The Kier molecular flexibility index (Phi) is 9.06. The van der Waals surface area contributed by atoms with Crippen LogP contribution in [0.5, 0.6) is 0 Å². The molecule has 2 fully saturated rings. The summed E-state index contributed by atoms with van der Waals surface area (Å²) in [5, 5.41) is 0. The van der Waals surface area contributed by atoms with E-state index in [2.05, 4.69) is 16.5 Å². The Morgan fingerprint density at radius 2 is 1.70 bits per heavy atom. The Morgan fingerprint density at radius 3 is 2.36 bits per heavy atom. The third-order valence-electron chi connectivity index (χ3n) is 8.03. The molecule has 0 radical (unpaired) electrons. The van der Waals surface area contributed by atoms with Crippen molar-refractivity contribution in [2.24, 2.45) is 11.8 Å². The van der Waals surface area contributed by atoms with Crippen LogP contribution in [0, 0.1) is 11.8 Å². The monoisotopic (exact) mass is 617 g/mol. The molecule has 5 rings (SSSR count). The number of esters is 4.